The number of nitrogens with zero attached hydrogens (tertiary/aromatic N) is 3. The molecule has 0 bridgehead atoms. The van der Waals surface area contributed by atoms with E-state index in [-0.39, 0.29) is 38.6 Å². The molecule has 0 atom stereocenters. The van der Waals surface area contributed by atoms with Crippen LogP contribution >= 0.6 is 11.6 Å². The lowest BCUT2D eigenvalue weighted by atomic mass is 10.0. The van der Waals surface area contributed by atoms with Crippen molar-refractivity contribution >= 4 is 49.9 Å². The summed E-state index contributed by atoms with van der Waals surface area (Å²) >= 11 is 6.52. The molecule has 2 heterocycles. The summed E-state index contributed by atoms with van der Waals surface area (Å²) < 4.78 is 35.1. The number of anilines is 2. The Morgan fingerprint density at radius 2 is 1.82 bits per heavy atom. The third kappa shape index (κ3) is 4.17. The molecule has 0 unspecified atom stereocenters. The maximum Gasteiger partial charge on any atom is 0.261 e. The summed E-state index contributed by atoms with van der Waals surface area (Å²) in [6.07, 6.45) is 3.00. The van der Waals surface area contributed by atoms with Crippen LogP contribution in [-0.4, -0.2) is 35.8 Å². The van der Waals surface area contributed by atoms with Gasteiger partial charge in [0.25, 0.3) is 10.0 Å². The number of carbonyl (C=O) groups is 1. The maximum absolute atomic E-state index is 13.5. The Bertz CT molecular complexity index is 1500. The van der Waals surface area contributed by atoms with Gasteiger partial charge in [-0.25, -0.2) is 18.4 Å². The Kier molecular flexibility index (Phi) is 6.20. The fourth-order valence-corrected chi connectivity index (χ4v) is 4.95. The number of nitrogens with one attached hydrogen (secondary N) is 1. The van der Waals surface area contributed by atoms with Crippen molar-refractivity contribution in [3.63, 3.8) is 0 Å². The largest absolute Gasteiger partial charge is 0.497 e. The van der Waals surface area contributed by atoms with Gasteiger partial charge in [0.15, 0.2) is 5.78 Å². The fraction of sp³-hybridized carbons (Fsp3) is 0.174. The number of methoxy groups -OCH3 is 1. The van der Waals surface area contributed by atoms with Gasteiger partial charge in [0, 0.05) is 17.8 Å². The summed E-state index contributed by atoms with van der Waals surface area (Å²) in [6, 6.07) is 10.5. The Hall–Kier alpha value is -3.63. The first kappa shape index (κ1) is 23.5. The number of ketones is 1. The van der Waals surface area contributed by atoms with Crippen molar-refractivity contribution in [1.29, 1.82) is 0 Å². The number of nitrogen functional groups attached to an aromatic ring is 1. The van der Waals surface area contributed by atoms with E-state index in [0.717, 1.165) is 0 Å². The molecule has 3 N–H and O–H groups in total. The van der Waals surface area contributed by atoms with Crippen LogP contribution in [0.1, 0.15) is 35.8 Å². The number of fused-ring (bicyclic) bond motifs is 1. The average Bonchev–Trinajstić information content (AvgIpc) is 3.21. The summed E-state index contributed by atoms with van der Waals surface area (Å²) in [5.41, 5.74) is 7.06. The van der Waals surface area contributed by atoms with Crippen molar-refractivity contribution in [3.05, 3.63) is 71.1 Å². The highest BCUT2D eigenvalue weighted by atomic mass is 35.5. The molecule has 0 fully saturated rings. The van der Waals surface area contributed by atoms with Crippen LogP contribution in [-0.2, 0) is 10.0 Å². The molecular weight excluding hydrogens is 478 g/mol. The third-order valence-electron chi connectivity index (χ3n) is 5.30. The van der Waals surface area contributed by atoms with Crippen LogP contribution in [0, 0.1) is 0 Å². The van der Waals surface area contributed by atoms with Crippen LogP contribution in [0.3, 0.4) is 0 Å². The highest BCUT2D eigenvalue weighted by molar-refractivity contribution is 7.92. The standard InChI is InChI=1S/C23H22ClN5O4S/c1-13(2)29-11-17(19-22(25)26-12-27-23(19)29)21(30)16-5-4-6-18(20(16)24)28-34(31,32)15-9-7-14(33-3)8-10-15/h4-13,28H,1-3H3,(H2,25,26,27). The topological polar surface area (TPSA) is 129 Å². The lowest BCUT2D eigenvalue weighted by molar-refractivity contribution is 0.104. The number of hydrogen-bond acceptors (Lipinski definition) is 7. The molecule has 4 rings (SSSR count). The highest BCUT2D eigenvalue weighted by Crippen LogP contribution is 2.33. The lowest BCUT2D eigenvalue weighted by Gasteiger charge is -2.12. The molecule has 2 aromatic carbocycles. The minimum atomic E-state index is -3.96. The predicted octanol–water partition coefficient (Wildman–Crippen LogP) is 4.29. The summed E-state index contributed by atoms with van der Waals surface area (Å²) in [6.45, 7) is 3.90. The van der Waals surface area contributed by atoms with Crippen molar-refractivity contribution in [2.24, 2.45) is 0 Å². The van der Waals surface area contributed by atoms with E-state index in [1.807, 2.05) is 18.4 Å². The minimum Gasteiger partial charge on any atom is -0.497 e. The maximum atomic E-state index is 13.5. The van der Waals surface area contributed by atoms with E-state index in [4.69, 9.17) is 22.1 Å². The van der Waals surface area contributed by atoms with Gasteiger partial charge in [-0.1, -0.05) is 17.7 Å². The van der Waals surface area contributed by atoms with Crippen LogP contribution in [0.5, 0.6) is 5.75 Å². The monoisotopic (exact) mass is 499 g/mol. The van der Waals surface area contributed by atoms with E-state index >= 15 is 0 Å². The van der Waals surface area contributed by atoms with Gasteiger partial charge in [-0.3, -0.25) is 9.52 Å². The number of aromatic nitrogens is 3. The van der Waals surface area contributed by atoms with Gasteiger partial charge < -0.3 is 15.0 Å². The summed E-state index contributed by atoms with van der Waals surface area (Å²) in [5.74, 6) is 0.259. The quantitative estimate of drug-likeness (QED) is 0.363. The van der Waals surface area contributed by atoms with Crippen molar-refractivity contribution in [1.82, 2.24) is 14.5 Å². The van der Waals surface area contributed by atoms with E-state index in [1.54, 1.807) is 12.3 Å². The molecule has 0 aliphatic heterocycles. The van der Waals surface area contributed by atoms with Crippen molar-refractivity contribution in [3.8, 4) is 5.75 Å². The van der Waals surface area contributed by atoms with E-state index in [9.17, 15) is 13.2 Å². The zero-order chi connectivity index (χ0) is 24.6. The van der Waals surface area contributed by atoms with E-state index < -0.39 is 15.8 Å². The third-order valence-corrected chi connectivity index (χ3v) is 7.09. The Labute approximate surface area is 201 Å². The molecule has 11 heteroatoms. The zero-order valence-electron chi connectivity index (χ0n) is 18.6. The number of carbonyl (C=O) groups excluding carboxylic acids is 1. The van der Waals surface area contributed by atoms with E-state index in [1.165, 1.54) is 49.8 Å². The highest BCUT2D eigenvalue weighted by Gasteiger charge is 2.25. The molecule has 0 saturated carbocycles. The van der Waals surface area contributed by atoms with E-state index in [0.29, 0.717) is 16.8 Å². The Morgan fingerprint density at radius 1 is 1.12 bits per heavy atom. The minimum absolute atomic E-state index is 0.0106. The second-order valence-electron chi connectivity index (χ2n) is 7.78. The van der Waals surface area contributed by atoms with Gasteiger partial charge in [-0.2, -0.15) is 0 Å². The SMILES string of the molecule is COc1ccc(S(=O)(=O)Nc2cccc(C(=O)c3cn(C(C)C)c4ncnc(N)c34)c2Cl)cc1. The molecule has 0 spiro atoms. The van der Waals surface area contributed by atoms with Crippen molar-refractivity contribution < 1.29 is 17.9 Å². The number of nitrogens with two attached hydrogens (primary N) is 1. The van der Waals surface area contributed by atoms with Crippen LogP contribution < -0.4 is 15.2 Å². The molecule has 0 amide bonds. The molecule has 0 saturated heterocycles. The fourth-order valence-electron chi connectivity index (χ4n) is 3.56. The Balaban J connectivity index is 1.75. The molecule has 2 aromatic heterocycles. The normalized spacial score (nSPS) is 11.7. The summed E-state index contributed by atoms with van der Waals surface area (Å²) in [5, 5.41) is 0.381. The molecule has 0 radical (unpaired) electrons. The number of benzene rings is 2. The molecule has 34 heavy (non-hydrogen) atoms. The molecule has 0 aliphatic rings. The van der Waals surface area contributed by atoms with Gasteiger partial charge in [-0.05, 0) is 50.2 Å². The van der Waals surface area contributed by atoms with Crippen LogP contribution in [0.4, 0.5) is 11.5 Å². The number of sulfonamides is 1. The van der Waals surface area contributed by atoms with Crippen molar-refractivity contribution in [2.75, 3.05) is 17.6 Å². The predicted molar refractivity (Wildman–Crippen MR) is 131 cm³/mol. The smallest absolute Gasteiger partial charge is 0.261 e. The Morgan fingerprint density at radius 3 is 2.47 bits per heavy atom. The van der Waals surface area contributed by atoms with Gasteiger partial charge in [0.2, 0.25) is 0 Å². The van der Waals surface area contributed by atoms with Crippen LogP contribution in [0.2, 0.25) is 5.02 Å². The first-order valence-corrected chi connectivity index (χ1v) is 12.1. The number of rotatable bonds is 7. The van der Waals surface area contributed by atoms with E-state index in [2.05, 4.69) is 14.7 Å². The lowest BCUT2D eigenvalue weighted by Crippen LogP contribution is -2.14. The number of hydrogen-bond donors (Lipinski definition) is 2. The molecule has 176 valence electrons. The van der Waals surface area contributed by atoms with Gasteiger partial charge in [0.05, 0.1) is 33.7 Å². The average molecular weight is 500 g/mol. The second kappa shape index (κ2) is 8.96. The molecular formula is C23H22ClN5O4S. The van der Waals surface area contributed by atoms with Gasteiger partial charge >= 0.3 is 0 Å². The molecule has 4 aromatic rings. The van der Waals surface area contributed by atoms with Crippen LogP contribution in [0.25, 0.3) is 11.0 Å². The second-order valence-corrected chi connectivity index (χ2v) is 9.84. The first-order valence-electron chi connectivity index (χ1n) is 10.2. The first-order chi connectivity index (χ1) is 16.1. The van der Waals surface area contributed by atoms with Crippen molar-refractivity contribution in [2.45, 2.75) is 24.8 Å². The van der Waals surface area contributed by atoms with Gasteiger partial charge in [-0.15, -0.1) is 0 Å². The number of ether oxygens (including phenoxy) is 1. The number of halogens is 1. The molecule has 0 aliphatic carbocycles. The van der Waals surface area contributed by atoms with Gasteiger partial charge in [0.1, 0.15) is 23.5 Å². The summed E-state index contributed by atoms with van der Waals surface area (Å²) in [7, 11) is -2.47. The van der Waals surface area contributed by atoms with Crippen LogP contribution in [0.15, 0.2) is 59.9 Å². The summed E-state index contributed by atoms with van der Waals surface area (Å²) in [4.78, 5) is 21.8. The zero-order valence-corrected chi connectivity index (χ0v) is 20.2. The molecule has 9 nitrogen and oxygen atoms in total.